The zero-order chi connectivity index (χ0) is 33.0. The number of phenols is 1. The molecule has 1 aromatic carbocycles. The molecular formula is C31H29ClF4N6O3. The average molecular weight is 645 g/mol. The van der Waals surface area contributed by atoms with E-state index in [1.54, 1.807) is 9.80 Å². The number of hydrogen-bond acceptors (Lipinski definition) is 7. The molecule has 1 N–H and O–H groups in total. The summed E-state index contributed by atoms with van der Waals surface area (Å²) in [4.78, 5) is 42.7. The Morgan fingerprint density at radius 3 is 2.53 bits per heavy atom. The molecule has 4 heterocycles. The van der Waals surface area contributed by atoms with Crippen LogP contribution in [0.25, 0.3) is 28.0 Å². The number of amides is 1. The lowest BCUT2D eigenvalue weighted by Gasteiger charge is -2.44. The Labute approximate surface area is 260 Å². The largest absolute Gasteiger partial charge is 0.507 e. The number of nitrogens with zero attached hydrogens (tertiary/aromatic N) is 6. The van der Waals surface area contributed by atoms with Gasteiger partial charge in [-0.2, -0.15) is 18.2 Å². The van der Waals surface area contributed by atoms with E-state index in [1.165, 1.54) is 43.5 Å². The molecule has 14 heteroatoms. The fraction of sp³-hybridized carbons (Fsp3) is 0.323. The number of aromatic hydroxyl groups is 1. The molecule has 3 atom stereocenters. The number of halogens is 5. The van der Waals surface area contributed by atoms with Crippen LogP contribution in [0.5, 0.6) is 5.75 Å². The highest BCUT2D eigenvalue weighted by molar-refractivity contribution is 6.34. The molecule has 236 valence electrons. The number of carbonyl (C=O) groups is 1. The number of alkyl halides is 3. The van der Waals surface area contributed by atoms with Crippen molar-refractivity contribution < 1.29 is 27.5 Å². The summed E-state index contributed by atoms with van der Waals surface area (Å²) >= 11 is 6.65. The Balaban J connectivity index is 1.86. The van der Waals surface area contributed by atoms with Crippen LogP contribution in [0.2, 0.25) is 5.02 Å². The maximum absolute atomic E-state index is 15.1. The number of aryl methyl sites for hydroxylation is 1. The van der Waals surface area contributed by atoms with Crippen molar-refractivity contribution in [2.45, 2.75) is 51.9 Å². The van der Waals surface area contributed by atoms with Gasteiger partial charge in [0.25, 0.3) is 0 Å². The van der Waals surface area contributed by atoms with Crippen LogP contribution in [0.15, 0.2) is 54.0 Å². The molecule has 1 saturated heterocycles. The van der Waals surface area contributed by atoms with Crippen molar-refractivity contribution in [3.63, 3.8) is 0 Å². The van der Waals surface area contributed by atoms with Gasteiger partial charge in [-0.3, -0.25) is 9.78 Å². The summed E-state index contributed by atoms with van der Waals surface area (Å²) in [6, 6.07) is 5.74. The van der Waals surface area contributed by atoms with Gasteiger partial charge in [-0.15, -0.1) is 0 Å². The highest BCUT2D eigenvalue weighted by Crippen LogP contribution is 2.41. The zero-order valence-electron chi connectivity index (χ0n) is 24.7. The van der Waals surface area contributed by atoms with Crippen molar-refractivity contribution >= 4 is 34.4 Å². The van der Waals surface area contributed by atoms with Crippen molar-refractivity contribution in [3.05, 3.63) is 81.8 Å². The van der Waals surface area contributed by atoms with Gasteiger partial charge in [-0.05, 0) is 63.6 Å². The molecule has 0 bridgehead atoms. The van der Waals surface area contributed by atoms with E-state index in [1.807, 2.05) is 13.8 Å². The minimum absolute atomic E-state index is 0.107. The van der Waals surface area contributed by atoms with Crippen molar-refractivity contribution in [3.8, 4) is 22.7 Å². The van der Waals surface area contributed by atoms with Gasteiger partial charge < -0.3 is 14.9 Å². The Hall–Kier alpha value is -4.52. The topological polar surface area (TPSA) is 104 Å². The molecule has 0 aliphatic carbocycles. The number of hydrogen-bond donors (Lipinski definition) is 1. The standard InChI is InChI=1S/C31H29ClF4N6O3/c1-6-23(44)40-13-17(4)41(14-16(40)3)28-19-12-20(32)26(24-21(33)8-7-9-22(24)43)38-29(19)42(30(45)39-28)27-15(2)10-11-37-25(27)18(5)31(34,35)36/h6-12,16-18,43H,1,13-14H2,2-5H3/t16-,17+,18?/m1/s1. The second kappa shape index (κ2) is 11.8. The second-order valence-corrected chi connectivity index (χ2v) is 11.5. The Morgan fingerprint density at radius 1 is 1.18 bits per heavy atom. The third-order valence-corrected chi connectivity index (χ3v) is 8.31. The molecule has 9 nitrogen and oxygen atoms in total. The molecule has 5 rings (SSSR count). The Bertz CT molecular complexity index is 1880. The summed E-state index contributed by atoms with van der Waals surface area (Å²) in [5, 5.41) is 10.6. The molecule has 3 aromatic heterocycles. The molecule has 1 fully saturated rings. The number of carbonyl (C=O) groups excluding carboxylic acids is 1. The van der Waals surface area contributed by atoms with Crippen molar-refractivity contribution in [1.29, 1.82) is 0 Å². The summed E-state index contributed by atoms with van der Waals surface area (Å²) in [6.45, 7) is 10.1. The van der Waals surface area contributed by atoms with Crippen molar-refractivity contribution in [2.24, 2.45) is 0 Å². The van der Waals surface area contributed by atoms with Crippen molar-refractivity contribution in [2.75, 3.05) is 18.0 Å². The van der Waals surface area contributed by atoms with E-state index in [0.717, 1.165) is 17.6 Å². The van der Waals surface area contributed by atoms with Crippen LogP contribution in [-0.4, -0.2) is 66.8 Å². The molecule has 1 aliphatic heterocycles. The molecule has 1 unspecified atom stereocenters. The van der Waals surface area contributed by atoms with Gasteiger partial charge >= 0.3 is 11.9 Å². The zero-order valence-corrected chi connectivity index (χ0v) is 25.5. The third-order valence-electron chi connectivity index (χ3n) is 8.02. The summed E-state index contributed by atoms with van der Waals surface area (Å²) < 4.78 is 58.0. The smallest absolute Gasteiger partial charge is 0.397 e. The molecule has 1 amide bonds. The van der Waals surface area contributed by atoms with Gasteiger partial charge in [0.05, 0.1) is 39.0 Å². The number of rotatable bonds is 5. The highest BCUT2D eigenvalue weighted by Gasteiger charge is 2.41. The number of aromatic nitrogens is 4. The molecule has 4 aromatic rings. The maximum Gasteiger partial charge on any atom is 0.397 e. The van der Waals surface area contributed by atoms with Gasteiger partial charge in [0.15, 0.2) is 5.65 Å². The molecular weight excluding hydrogens is 616 g/mol. The quantitative estimate of drug-likeness (QED) is 0.212. The molecule has 0 radical (unpaired) electrons. The molecule has 0 saturated carbocycles. The lowest BCUT2D eigenvalue weighted by molar-refractivity contribution is -0.147. The average Bonchev–Trinajstić information content (AvgIpc) is 2.97. The minimum atomic E-state index is -4.70. The number of pyridine rings is 2. The van der Waals surface area contributed by atoms with Crippen LogP contribution in [0.3, 0.4) is 0 Å². The lowest BCUT2D eigenvalue weighted by atomic mass is 10.0. The number of anilines is 1. The first-order chi connectivity index (χ1) is 21.1. The fourth-order valence-electron chi connectivity index (χ4n) is 5.63. The number of piperazine rings is 1. The minimum Gasteiger partial charge on any atom is -0.507 e. The third kappa shape index (κ3) is 5.60. The molecule has 1 aliphatic rings. The Morgan fingerprint density at radius 2 is 1.89 bits per heavy atom. The van der Waals surface area contributed by atoms with E-state index in [9.17, 15) is 27.9 Å². The van der Waals surface area contributed by atoms with E-state index in [0.29, 0.717) is 0 Å². The van der Waals surface area contributed by atoms with E-state index in [2.05, 4.69) is 21.5 Å². The van der Waals surface area contributed by atoms with Crippen LogP contribution in [-0.2, 0) is 4.79 Å². The SMILES string of the molecule is C=CC(=O)N1C[C@H](C)N(c2nc(=O)n(-c3c(C)ccnc3C(C)C(F)(F)F)c3nc(-c4c(O)cccc4F)c(Cl)cc23)C[C@H]1C. The van der Waals surface area contributed by atoms with E-state index < -0.39 is 35.0 Å². The number of benzene rings is 1. The first-order valence-electron chi connectivity index (χ1n) is 14.0. The number of fused-ring (bicyclic) bond motifs is 1. The van der Waals surface area contributed by atoms with Crippen LogP contribution in [0.4, 0.5) is 23.4 Å². The summed E-state index contributed by atoms with van der Waals surface area (Å²) in [7, 11) is 0. The predicted octanol–water partition coefficient (Wildman–Crippen LogP) is 5.93. The van der Waals surface area contributed by atoms with Crippen molar-refractivity contribution in [1.82, 2.24) is 24.4 Å². The first kappa shape index (κ1) is 31.9. The van der Waals surface area contributed by atoms with Gasteiger partial charge in [-0.1, -0.05) is 24.2 Å². The van der Waals surface area contributed by atoms with Crippen LogP contribution in [0, 0.1) is 12.7 Å². The van der Waals surface area contributed by atoms with Crippen LogP contribution >= 0.6 is 11.6 Å². The van der Waals surface area contributed by atoms with E-state index in [4.69, 9.17) is 11.6 Å². The lowest BCUT2D eigenvalue weighted by Crippen LogP contribution is -2.58. The first-order valence-corrected chi connectivity index (χ1v) is 14.4. The molecule has 0 spiro atoms. The number of phenolic OH excluding ortho intramolecular Hbond substituents is 1. The second-order valence-electron chi connectivity index (χ2n) is 11.0. The van der Waals surface area contributed by atoms with E-state index >= 15 is 4.39 Å². The summed E-state index contributed by atoms with van der Waals surface area (Å²) in [6.07, 6.45) is -2.27. The predicted molar refractivity (Wildman–Crippen MR) is 162 cm³/mol. The van der Waals surface area contributed by atoms with Gasteiger partial charge in [0, 0.05) is 31.4 Å². The van der Waals surface area contributed by atoms with Gasteiger partial charge in [0.2, 0.25) is 5.91 Å². The summed E-state index contributed by atoms with van der Waals surface area (Å²) in [5.41, 5.74) is -2.08. The normalized spacial score (nSPS) is 17.9. The van der Waals surface area contributed by atoms with Crippen LogP contribution < -0.4 is 10.6 Å². The maximum atomic E-state index is 15.1. The highest BCUT2D eigenvalue weighted by atomic mass is 35.5. The van der Waals surface area contributed by atoms with Gasteiger partial charge in [-0.25, -0.2) is 18.7 Å². The molecule has 45 heavy (non-hydrogen) atoms. The van der Waals surface area contributed by atoms with Crippen LogP contribution in [0.1, 0.15) is 37.9 Å². The monoisotopic (exact) mass is 644 g/mol. The van der Waals surface area contributed by atoms with Gasteiger partial charge in [0.1, 0.15) is 17.4 Å². The fourth-order valence-corrected chi connectivity index (χ4v) is 5.87. The Kier molecular flexibility index (Phi) is 8.34. The summed E-state index contributed by atoms with van der Waals surface area (Å²) in [5.74, 6) is -3.56. The van der Waals surface area contributed by atoms with E-state index in [-0.39, 0.29) is 75.5 Å².